The molecule has 0 unspecified atom stereocenters. The molecule has 6 nitrogen and oxygen atoms in total. The highest BCUT2D eigenvalue weighted by Gasteiger charge is 2.20. The number of carbonyl (C=O) groups is 1. The molecular formula is C18H17N3O3. The van der Waals surface area contributed by atoms with Gasteiger partial charge in [0.25, 0.3) is 11.5 Å². The molecule has 0 N–H and O–H groups in total. The summed E-state index contributed by atoms with van der Waals surface area (Å²) in [4.78, 5) is 30.2. The molecule has 0 aliphatic rings. The number of carbonyl (C=O) groups excluding carboxylic acids is 1. The zero-order valence-corrected chi connectivity index (χ0v) is 13.5. The van der Waals surface area contributed by atoms with E-state index in [0.29, 0.717) is 17.3 Å². The van der Waals surface area contributed by atoms with E-state index in [-0.39, 0.29) is 11.3 Å². The maximum Gasteiger partial charge on any atom is 0.298 e. The Bertz CT molecular complexity index is 935. The van der Waals surface area contributed by atoms with Crippen molar-refractivity contribution in [3.8, 4) is 0 Å². The molecule has 0 atom stereocenters. The van der Waals surface area contributed by atoms with Crippen molar-refractivity contribution in [2.75, 3.05) is 14.2 Å². The van der Waals surface area contributed by atoms with E-state index in [0.717, 1.165) is 10.6 Å². The van der Waals surface area contributed by atoms with Crippen molar-refractivity contribution in [2.45, 2.75) is 6.54 Å². The van der Waals surface area contributed by atoms with Crippen LogP contribution in [0.2, 0.25) is 0 Å². The van der Waals surface area contributed by atoms with Crippen molar-refractivity contribution in [3.05, 3.63) is 76.2 Å². The lowest BCUT2D eigenvalue weighted by atomic mass is 10.1. The topological polar surface area (TPSA) is 64.4 Å². The highest BCUT2D eigenvalue weighted by atomic mass is 16.7. The standard InChI is InChI=1S/C18H17N3O3/c1-20(24-2)18(23)16-14-10-6-7-11-15(14)17(22)21(19-16)12-13-8-4-3-5-9-13/h3-11H,12H2,1-2H3. The van der Waals surface area contributed by atoms with Gasteiger partial charge >= 0.3 is 0 Å². The molecular weight excluding hydrogens is 306 g/mol. The average Bonchev–Trinajstić information content (AvgIpc) is 2.63. The molecule has 0 radical (unpaired) electrons. The third-order valence-electron chi connectivity index (χ3n) is 3.81. The number of amides is 1. The van der Waals surface area contributed by atoms with Gasteiger partial charge < -0.3 is 0 Å². The Labute approximate surface area is 138 Å². The maximum atomic E-state index is 12.7. The molecule has 0 aliphatic heterocycles. The molecule has 6 heteroatoms. The summed E-state index contributed by atoms with van der Waals surface area (Å²) in [5, 5.41) is 6.36. The van der Waals surface area contributed by atoms with Crippen LogP contribution in [0.5, 0.6) is 0 Å². The van der Waals surface area contributed by atoms with Gasteiger partial charge in [-0.1, -0.05) is 48.5 Å². The van der Waals surface area contributed by atoms with Crippen LogP contribution in [0.1, 0.15) is 16.1 Å². The highest BCUT2D eigenvalue weighted by Crippen LogP contribution is 2.15. The van der Waals surface area contributed by atoms with Crippen LogP contribution in [-0.4, -0.2) is 34.9 Å². The van der Waals surface area contributed by atoms with E-state index >= 15 is 0 Å². The minimum Gasteiger partial charge on any atom is -0.274 e. The van der Waals surface area contributed by atoms with E-state index in [2.05, 4.69) is 5.10 Å². The van der Waals surface area contributed by atoms with Crippen LogP contribution in [0, 0.1) is 0 Å². The third-order valence-corrected chi connectivity index (χ3v) is 3.81. The second-order valence-electron chi connectivity index (χ2n) is 5.33. The van der Waals surface area contributed by atoms with Gasteiger partial charge in [-0.2, -0.15) is 5.10 Å². The minimum absolute atomic E-state index is 0.186. The summed E-state index contributed by atoms with van der Waals surface area (Å²) < 4.78 is 1.31. The monoisotopic (exact) mass is 323 g/mol. The van der Waals surface area contributed by atoms with Crippen LogP contribution in [0.25, 0.3) is 10.8 Å². The van der Waals surface area contributed by atoms with E-state index in [4.69, 9.17) is 4.84 Å². The van der Waals surface area contributed by atoms with E-state index in [1.807, 2.05) is 30.3 Å². The van der Waals surface area contributed by atoms with E-state index < -0.39 is 5.91 Å². The van der Waals surface area contributed by atoms with Crippen LogP contribution in [-0.2, 0) is 11.4 Å². The van der Waals surface area contributed by atoms with Crippen molar-refractivity contribution in [2.24, 2.45) is 0 Å². The number of nitrogens with zero attached hydrogens (tertiary/aromatic N) is 3. The first kappa shape index (κ1) is 15.9. The number of hydrogen-bond acceptors (Lipinski definition) is 4. The van der Waals surface area contributed by atoms with Crippen molar-refractivity contribution >= 4 is 16.7 Å². The molecule has 0 spiro atoms. The summed E-state index contributed by atoms with van der Waals surface area (Å²) in [5.74, 6) is -0.407. The van der Waals surface area contributed by atoms with Crippen LogP contribution in [0.15, 0.2) is 59.4 Å². The Morgan fingerprint density at radius 1 is 1.08 bits per heavy atom. The van der Waals surface area contributed by atoms with E-state index in [1.165, 1.54) is 18.8 Å². The van der Waals surface area contributed by atoms with Crippen molar-refractivity contribution < 1.29 is 9.63 Å². The Kier molecular flexibility index (Phi) is 4.39. The molecule has 1 heterocycles. The van der Waals surface area contributed by atoms with Gasteiger partial charge in [0.15, 0.2) is 5.69 Å². The van der Waals surface area contributed by atoms with Crippen molar-refractivity contribution in [1.29, 1.82) is 0 Å². The van der Waals surface area contributed by atoms with Crippen molar-refractivity contribution in [1.82, 2.24) is 14.8 Å². The van der Waals surface area contributed by atoms with Gasteiger partial charge in [0.2, 0.25) is 0 Å². The maximum absolute atomic E-state index is 12.7. The lowest BCUT2D eigenvalue weighted by molar-refractivity contribution is -0.0760. The molecule has 3 aromatic rings. The molecule has 3 rings (SSSR count). The van der Waals surface area contributed by atoms with Gasteiger partial charge in [0, 0.05) is 12.4 Å². The molecule has 24 heavy (non-hydrogen) atoms. The number of rotatable bonds is 4. The number of benzene rings is 2. The molecule has 0 saturated heterocycles. The molecule has 0 fully saturated rings. The molecule has 122 valence electrons. The molecule has 1 aromatic heterocycles. The molecule has 0 bridgehead atoms. The Balaban J connectivity index is 2.18. The molecule has 0 saturated carbocycles. The Morgan fingerprint density at radius 2 is 1.71 bits per heavy atom. The fraction of sp³-hybridized carbons (Fsp3) is 0.167. The Morgan fingerprint density at radius 3 is 2.38 bits per heavy atom. The zero-order chi connectivity index (χ0) is 17.1. The Hall–Kier alpha value is -2.99. The summed E-state index contributed by atoms with van der Waals surface area (Å²) in [6.07, 6.45) is 0. The zero-order valence-electron chi connectivity index (χ0n) is 13.5. The van der Waals surface area contributed by atoms with Gasteiger partial charge in [-0.25, -0.2) is 9.75 Å². The summed E-state index contributed by atoms with van der Waals surface area (Å²) in [6, 6.07) is 16.5. The number of hydroxylamine groups is 2. The van der Waals surface area contributed by atoms with Gasteiger partial charge in [-0.3, -0.25) is 14.4 Å². The number of hydrogen-bond donors (Lipinski definition) is 0. The number of fused-ring (bicyclic) bond motifs is 1. The van der Waals surface area contributed by atoms with Crippen LogP contribution < -0.4 is 5.56 Å². The van der Waals surface area contributed by atoms with Gasteiger partial charge in [0.05, 0.1) is 19.0 Å². The van der Waals surface area contributed by atoms with E-state index in [9.17, 15) is 9.59 Å². The summed E-state index contributed by atoms with van der Waals surface area (Å²) in [5.41, 5.74) is 0.887. The fourth-order valence-electron chi connectivity index (χ4n) is 2.49. The highest BCUT2D eigenvalue weighted by molar-refractivity contribution is 6.04. The van der Waals surface area contributed by atoms with E-state index in [1.54, 1.807) is 24.3 Å². The minimum atomic E-state index is -0.407. The molecule has 2 aromatic carbocycles. The number of aromatic nitrogens is 2. The summed E-state index contributed by atoms with van der Waals surface area (Å²) in [7, 11) is 2.91. The largest absolute Gasteiger partial charge is 0.298 e. The van der Waals surface area contributed by atoms with Crippen molar-refractivity contribution in [3.63, 3.8) is 0 Å². The van der Waals surface area contributed by atoms with Crippen LogP contribution in [0.4, 0.5) is 0 Å². The second-order valence-corrected chi connectivity index (χ2v) is 5.33. The predicted molar refractivity (Wildman–Crippen MR) is 90.6 cm³/mol. The second kappa shape index (κ2) is 6.64. The SMILES string of the molecule is CON(C)C(=O)c1nn(Cc2ccccc2)c(=O)c2ccccc12. The smallest absolute Gasteiger partial charge is 0.274 e. The third kappa shape index (κ3) is 2.91. The van der Waals surface area contributed by atoms with Gasteiger partial charge in [-0.05, 0) is 11.6 Å². The van der Waals surface area contributed by atoms with Gasteiger partial charge in [-0.15, -0.1) is 0 Å². The molecule has 0 aliphatic carbocycles. The quantitative estimate of drug-likeness (QED) is 0.690. The lowest BCUT2D eigenvalue weighted by Gasteiger charge is -2.15. The van der Waals surface area contributed by atoms with Crippen LogP contribution >= 0.6 is 0 Å². The normalized spacial score (nSPS) is 10.8. The average molecular weight is 323 g/mol. The summed E-state index contributed by atoms with van der Waals surface area (Å²) in [6.45, 7) is 0.293. The lowest BCUT2D eigenvalue weighted by Crippen LogP contribution is -2.31. The first-order chi connectivity index (χ1) is 11.6. The predicted octanol–water partition coefficient (Wildman–Crippen LogP) is 2.08. The fourth-order valence-corrected chi connectivity index (χ4v) is 2.49. The van der Waals surface area contributed by atoms with Gasteiger partial charge in [0.1, 0.15) is 0 Å². The summed E-state index contributed by atoms with van der Waals surface area (Å²) >= 11 is 0. The first-order valence-corrected chi connectivity index (χ1v) is 7.47. The first-order valence-electron chi connectivity index (χ1n) is 7.47. The van der Waals surface area contributed by atoms with Crippen LogP contribution in [0.3, 0.4) is 0 Å². The molecule has 1 amide bonds.